The van der Waals surface area contributed by atoms with E-state index in [4.69, 9.17) is 4.74 Å². The van der Waals surface area contributed by atoms with Crippen LogP contribution in [-0.4, -0.2) is 12.4 Å². The van der Waals surface area contributed by atoms with E-state index in [0.29, 0.717) is 0 Å². The molecule has 0 bridgehead atoms. The van der Waals surface area contributed by atoms with Crippen molar-refractivity contribution in [2.45, 2.75) is 6.92 Å². The molecule has 0 aromatic carbocycles. The Balaban J connectivity index is 3.38. The lowest BCUT2D eigenvalue weighted by Crippen LogP contribution is -1.84. The van der Waals surface area contributed by atoms with Gasteiger partial charge in [0.1, 0.15) is 5.76 Å². The number of rotatable bonds is 2. The molecule has 2 heteroatoms. The highest BCUT2D eigenvalue weighted by Gasteiger charge is 1.84. The highest BCUT2D eigenvalue weighted by Crippen LogP contribution is 1.97. The van der Waals surface area contributed by atoms with Crippen LogP contribution in [0.3, 0.4) is 0 Å². The van der Waals surface area contributed by atoms with Crippen LogP contribution in [0.15, 0.2) is 11.8 Å². The first kappa shape index (κ1) is 7.02. The second kappa shape index (κ2) is 4.19. The fourth-order valence-corrected chi connectivity index (χ4v) is 0.802. The van der Waals surface area contributed by atoms with Gasteiger partial charge in [-0.1, -0.05) is 15.9 Å². The second-order valence-electron chi connectivity index (χ2n) is 1.09. The van der Waals surface area contributed by atoms with Crippen LogP contribution < -0.4 is 0 Å². The predicted molar refractivity (Wildman–Crippen MR) is 34.6 cm³/mol. The molecule has 0 aromatic rings. The lowest BCUT2D eigenvalue weighted by molar-refractivity contribution is 0.295. The van der Waals surface area contributed by atoms with E-state index >= 15 is 0 Å². The van der Waals surface area contributed by atoms with Gasteiger partial charge in [-0.3, -0.25) is 0 Å². The van der Waals surface area contributed by atoms with Crippen molar-refractivity contribution in [3.05, 3.63) is 11.8 Å². The van der Waals surface area contributed by atoms with Crippen molar-refractivity contribution >= 4 is 15.9 Å². The Morgan fingerprint density at radius 1 is 1.86 bits per heavy atom. The summed E-state index contributed by atoms with van der Waals surface area (Å²) in [5.74, 6) is 0.972. The normalized spacial score (nSPS) is 11.6. The van der Waals surface area contributed by atoms with Crippen molar-refractivity contribution in [1.29, 1.82) is 0 Å². The maximum absolute atomic E-state index is 4.86. The molecule has 0 heterocycles. The average Bonchev–Trinajstić information content (AvgIpc) is 1.72. The third-order valence-corrected chi connectivity index (χ3v) is 1.27. The summed E-state index contributed by atoms with van der Waals surface area (Å²) in [4.78, 5) is 0. The molecule has 0 spiro atoms. The van der Waals surface area contributed by atoms with Gasteiger partial charge in [0, 0.05) is 0 Å². The lowest BCUT2D eigenvalue weighted by Gasteiger charge is -1.96. The predicted octanol–water partition coefficient (Wildman–Crippen LogP) is 1.93. The van der Waals surface area contributed by atoms with Crippen molar-refractivity contribution < 1.29 is 4.74 Å². The zero-order valence-electron chi connectivity index (χ0n) is 4.57. The van der Waals surface area contributed by atoms with Crippen LogP contribution >= 0.6 is 15.9 Å². The number of methoxy groups -OCH3 is 1. The average molecular weight is 165 g/mol. The quantitative estimate of drug-likeness (QED) is 0.448. The first-order valence-electron chi connectivity index (χ1n) is 2.10. The van der Waals surface area contributed by atoms with Crippen molar-refractivity contribution in [3.63, 3.8) is 0 Å². The maximum atomic E-state index is 4.86. The van der Waals surface area contributed by atoms with Crippen molar-refractivity contribution in [1.82, 2.24) is 0 Å². The smallest absolute Gasteiger partial charge is 0.102 e. The van der Waals surface area contributed by atoms with E-state index in [-0.39, 0.29) is 0 Å². The molecule has 0 rings (SSSR count). The molecule has 42 valence electrons. The molecule has 0 saturated carbocycles. The Morgan fingerprint density at radius 2 is 2.43 bits per heavy atom. The molecule has 0 radical (unpaired) electrons. The van der Waals surface area contributed by atoms with E-state index in [2.05, 4.69) is 15.9 Å². The molecule has 0 fully saturated rings. The summed E-state index contributed by atoms with van der Waals surface area (Å²) < 4.78 is 4.86. The van der Waals surface area contributed by atoms with Gasteiger partial charge in [-0.05, 0) is 13.0 Å². The van der Waals surface area contributed by atoms with E-state index in [9.17, 15) is 0 Å². The molecule has 0 aliphatic carbocycles. The molecule has 0 aliphatic heterocycles. The molecule has 0 aliphatic rings. The van der Waals surface area contributed by atoms with Crippen molar-refractivity contribution in [2.24, 2.45) is 0 Å². The van der Waals surface area contributed by atoms with Crippen molar-refractivity contribution in [2.75, 3.05) is 12.4 Å². The van der Waals surface area contributed by atoms with Gasteiger partial charge in [0.25, 0.3) is 0 Å². The topological polar surface area (TPSA) is 9.23 Å². The Kier molecular flexibility index (Phi) is 4.20. The molecule has 0 atom stereocenters. The van der Waals surface area contributed by atoms with Crippen LogP contribution in [0.1, 0.15) is 6.92 Å². The summed E-state index contributed by atoms with van der Waals surface area (Å²) in [6.07, 6.45) is 1.93. The van der Waals surface area contributed by atoms with E-state index in [0.717, 1.165) is 11.1 Å². The van der Waals surface area contributed by atoms with E-state index < -0.39 is 0 Å². The summed E-state index contributed by atoms with van der Waals surface area (Å²) in [6.45, 7) is 1.94. The molecular formula is C5H9BrO. The second-order valence-corrected chi connectivity index (χ2v) is 1.65. The third kappa shape index (κ3) is 2.68. The first-order valence-corrected chi connectivity index (χ1v) is 3.22. The highest BCUT2D eigenvalue weighted by atomic mass is 79.9. The van der Waals surface area contributed by atoms with Gasteiger partial charge >= 0.3 is 0 Å². The summed E-state index contributed by atoms with van der Waals surface area (Å²) in [5, 5.41) is 0.806. The fourth-order valence-electron chi connectivity index (χ4n) is 0.250. The Bertz CT molecular complexity index is 62.5. The standard InChI is InChI=1S/C5H9BrO/c1-3-5(4-6)7-2/h3H,4H2,1-2H3. The maximum Gasteiger partial charge on any atom is 0.102 e. The van der Waals surface area contributed by atoms with Gasteiger partial charge in [0.15, 0.2) is 0 Å². The van der Waals surface area contributed by atoms with Gasteiger partial charge in [-0.15, -0.1) is 0 Å². The Labute approximate surface area is 52.5 Å². The number of hydrogen-bond donors (Lipinski definition) is 0. The molecule has 1 nitrogen and oxygen atoms in total. The molecule has 0 saturated heterocycles. The summed E-state index contributed by atoms with van der Waals surface area (Å²) in [5.41, 5.74) is 0. The van der Waals surface area contributed by atoms with Crippen LogP contribution in [0, 0.1) is 0 Å². The minimum atomic E-state index is 0.806. The van der Waals surface area contributed by atoms with Crippen LogP contribution in [0.4, 0.5) is 0 Å². The lowest BCUT2D eigenvalue weighted by atomic mass is 10.5. The Morgan fingerprint density at radius 3 is 2.43 bits per heavy atom. The van der Waals surface area contributed by atoms with Crippen LogP contribution in [0.5, 0.6) is 0 Å². The van der Waals surface area contributed by atoms with Gasteiger partial charge < -0.3 is 4.74 Å². The van der Waals surface area contributed by atoms with Gasteiger partial charge in [-0.25, -0.2) is 0 Å². The van der Waals surface area contributed by atoms with Gasteiger partial charge in [0.2, 0.25) is 0 Å². The van der Waals surface area contributed by atoms with E-state index in [1.54, 1.807) is 7.11 Å². The molecular weight excluding hydrogens is 156 g/mol. The zero-order valence-corrected chi connectivity index (χ0v) is 6.16. The summed E-state index contributed by atoms with van der Waals surface area (Å²) >= 11 is 3.24. The number of hydrogen-bond acceptors (Lipinski definition) is 1. The number of ether oxygens (including phenoxy) is 1. The monoisotopic (exact) mass is 164 g/mol. The van der Waals surface area contributed by atoms with Gasteiger partial charge in [-0.2, -0.15) is 0 Å². The molecule has 0 amide bonds. The highest BCUT2D eigenvalue weighted by molar-refractivity contribution is 9.09. The van der Waals surface area contributed by atoms with E-state index in [1.807, 2.05) is 13.0 Å². The number of alkyl halides is 1. The van der Waals surface area contributed by atoms with Crippen LogP contribution in [0.2, 0.25) is 0 Å². The molecule has 0 aromatic heterocycles. The largest absolute Gasteiger partial charge is 0.501 e. The molecule has 0 N–H and O–H groups in total. The Hall–Kier alpha value is 0.0200. The van der Waals surface area contributed by atoms with Gasteiger partial charge in [0.05, 0.1) is 12.4 Å². The van der Waals surface area contributed by atoms with Crippen LogP contribution in [-0.2, 0) is 4.74 Å². The van der Waals surface area contributed by atoms with E-state index in [1.165, 1.54) is 0 Å². The zero-order chi connectivity index (χ0) is 5.70. The minimum Gasteiger partial charge on any atom is -0.501 e. The molecule has 0 unspecified atom stereocenters. The van der Waals surface area contributed by atoms with Crippen molar-refractivity contribution in [3.8, 4) is 0 Å². The number of allylic oxidation sites excluding steroid dienone is 2. The number of halogens is 1. The molecule has 7 heavy (non-hydrogen) atoms. The first-order chi connectivity index (χ1) is 3.35. The third-order valence-electron chi connectivity index (χ3n) is 0.716. The SMILES string of the molecule is CC=C(CBr)OC. The minimum absolute atomic E-state index is 0.806. The summed E-state index contributed by atoms with van der Waals surface area (Å²) in [7, 11) is 1.66. The summed E-state index contributed by atoms with van der Waals surface area (Å²) in [6, 6.07) is 0. The fraction of sp³-hybridized carbons (Fsp3) is 0.600. The van der Waals surface area contributed by atoms with Crippen LogP contribution in [0.25, 0.3) is 0 Å².